The largest absolute Gasteiger partial charge is 0.470 e. The number of alkyl halides is 1. The summed E-state index contributed by atoms with van der Waals surface area (Å²) in [5, 5.41) is 0. The molecule has 0 radical (unpaired) electrons. The molecule has 6 heteroatoms. The Labute approximate surface area is 48.9 Å². The molecule has 0 saturated carbocycles. The molecule has 44 valence electrons. The molecular formula is CH4BrO4P. The molecule has 0 unspecified atom stereocenters. The van der Waals surface area contributed by atoms with Crippen molar-refractivity contribution in [2.24, 2.45) is 0 Å². The second-order valence-corrected chi connectivity index (χ2v) is 2.43. The molecule has 2 N–H and O–H groups in total. The smallest absolute Gasteiger partial charge is 0.303 e. The van der Waals surface area contributed by atoms with Crippen LogP contribution in [0.2, 0.25) is 0 Å². The number of rotatable bonds is 2. The maximum Gasteiger partial charge on any atom is 0.470 e. The van der Waals surface area contributed by atoms with Gasteiger partial charge < -0.3 is 9.79 Å². The zero-order chi connectivity index (χ0) is 5.91. The van der Waals surface area contributed by atoms with Gasteiger partial charge in [-0.3, -0.25) is 4.52 Å². The fourth-order valence-corrected chi connectivity index (χ4v) is 0.991. The topological polar surface area (TPSA) is 66.8 Å². The summed E-state index contributed by atoms with van der Waals surface area (Å²) in [6.45, 7) is 0. The molecular weight excluding hydrogens is 187 g/mol. The Bertz CT molecular complexity index is 85.7. The van der Waals surface area contributed by atoms with Crippen LogP contribution in [0.15, 0.2) is 0 Å². The van der Waals surface area contributed by atoms with Gasteiger partial charge in [0.25, 0.3) is 0 Å². The highest BCUT2D eigenvalue weighted by molar-refractivity contribution is 9.09. The molecule has 7 heavy (non-hydrogen) atoms. The van der Waals surface area contributed by atoms with Crippen molar-refractivity contribution in [3.63, 3.8) is 0 Å². The van der Waals surface area contributed by atoms with Crippen LogP contribution in [0.25, 0.3) is 0 Å². The molecule has 0 spiro atoms. The lowest BCUT2D eigenvalue weighted by Crippen LogP contribution is -1.81. The first kappa shape index (κ1) is 7.59. The number of phosphoric ester groups is 1. The lowest BCUT2D eigenvalue weighted by Gasteiger charge is -1.97. The van der Waals surface area contributed by atoms with Crippen LogP contribution in [0.3, 0.4) is 0 Å². The van der Waals surface area contributed by atoms with Gasteiger partial charge in [0.1, 0.15) is 5.52 Å². The minimum absolute atomic E-state index is 0.142. The Balaban J connectivity index is 3.36. The van der Waals surface area contributed by atoms with E-state index in [2.05, 4.69) is 20.5 Å². The first-order valence-electron chi connectivity index (χ1n) is 1.32. The minimum Gasteiger partial charge on any atom is -0.303 e. The standard InChI is InChI=1S/CH4BrO4P/c2-1-6-7(3,4)5/h1H2,(H2,3,4,5). The van der Waals surface area contributed by atoms with Crippen molar-refractivity contribution in [3.8, 4) is 0 Å². The van der Waals surface area contributed by atoms with E-state index in [1.165, 1.54) is 0 Å². The van der Waals surface area contributed by atoms with Crippen LogP contribution in [0.4, 0.5) is 0 Å². The molecule has 0 heterocycles. The Morgan fingerprint density at radius 1 is 1.71 bits per heavy atom. The highest BCUT2D eigenvalue weighted by Gasteiger charge is 2.10. The van der Waals surface area contributed by atoms with Gasteiger partial charge in [0.15, 0.2) is 0 Å². The van der Waals surface area contributed by atoms with Crippen molar-refractivity contribution in [2.45, 2.75) is 0 Å². The average Bonchev–Trinajstić information content (AvgIpc) is 1.30. The molecule has 0 rings (SSSR count). The first-order valence-corrected chi connectivity index (χ1v) is 3.97. The van der Waals surface area contributed by atoms with Gasteiger partial charge in [-0.1, -0.05) is 15.9 Å². The third-order valence-electron chi connectivity index (χ3n) is 0.217. The van der Waals surface area contributed by atoms with Crippen LogP contribution in [0, 0.1) is 0 Å². The van der Waals surface area contributed by atoms with E-state index >= 15 is 0 Å². The molecule has 4 nitrogen and oxygen atoms in total. The van der Waals surface area contributed by atoms with Crippen LogP contribution in [0.5, 0.6) is 0 Å². The molecule has 0 atom stereocenters. The molecule has 0 aromatic rings. The van der Waals surface area contributed by atoms with Gasteiger partial charge in [-0.2, -0.15) is 0 Å². The van der Waals surface area contributed by atoms with E-state index in [-0.39, 0.29) is 5.52 Å². The number of halogens is 1. The van der Waals surface area contributed by atoms with Crippen LogP contribution in [-0.4, -0.2) is 15.3 Å². The number of phosphoric acid groups is 1. The predicted octanol–water partition coefficient (Wildman–Crippen LogP) is 0.448. The molecule has 0 bridgehead atoms. The maximum absolute atomic E-state index is 9.67. The van der Waals surface area contributed by atoms with E-state index in [0.29, 0.717) is 0 Å². The van der Waals surface area contributed by atoms with E-state index in [0.717, 1.165) is 0 Å². The summed E-state index contributed by atoms with van der Waals surface area (Å²) in [7, 11) is -4.21. The molecule has 0 aliphatic heterocycles. The van der Waals surface area contributed by atoms with Gasteiger partial charge in [0.2, 0.25) is 0 Å². The SMILES string of the molecule is O=P(O)(O)OCBr. The van der Waals surface area contributed by atoms with Crippen molar-refractivity contribution in [2.75, 3.05) is 5.52 Å². The summed E-state index contributed by atoms with van der Waals surface area (Å²) in [6.07, 6.45) is 0. The van der Waals surface area contributed by atoms with Gasteiger partial charge in [-0.15, -0.1) is 0 Å². The van der Waals surface area contributed by atoms with Crippen LogP contribution >= 0.6 is 23.8 Å². The average molecular weight is 191 g/mol. The van der Waals surface area contributed by atoms with Crippen LogP contribution in [0.1, 0.15) is 0 Å². The molecule has 0 amide bonds. The highest BCUT2D eigenvalue weighted by atomic mass is 79.9. The van der Waals surface area contributed by atoms with E-state index < -0.39 is 7.82 Å². The molecule has 0 aromatic carbocycles. The fourth-order valence-electron chi connectivity index (χ4n) is 0.0636. The lowest BCUT2D eigenvalue weighted by molar-refractivity contribution is 0.229. The summed E-state index contributed by atoms with van der Waals surface area (Å²) >= 11 is 2.67. The van der Waals surface area contributed by atoms with Gasteiger partial charge >= 0.3 is 7.82 Å². The zero-order valence-corrected chi connectivity index (χ0v) is 5.72. The first-order chi connectivity index (χ1) is 3.06. The van der Waals surface area contributed by atoms with Crippen molar-refractivity contribution in [1.82, 2.24) is 0 Å². The quantitative estimate of drug-likeness (QED) is 0.491. The van der Waals surface area contributed by atoms with Crippen LogP contribution in [-0.2, 0) is 9.09 Å². The minimum atomic E-state index is -4.21. The molecule has 0 aromatic heterocycles. The third kappa shape index (κ3) is 6.59. The lowest BCUT2D eigenvalue weighted by atomic mass is 11.8. The summed E-state index contributed by atoms with van der Waals surface area (Å²) in [4.78, 5) is 15.8. The van der Waals surface area contributed by atoms with E-state index in [4.69, 9.17) is 9.79 Å². The number of hydrogen-bond acceptors (Lipinski definition) is 2. The van der Waals surface area contributed by atoms with Gasteiger partial charge in [-0.05, 0) is 0 Å². The van der Waals surface area contributed by atoms with Crippen molar-refractivity contribution in [3.05, 3.63) is 0 Å². The van der Waals surface area contributed by atoms with Gasteiger partial charge in [-0.25, -0.2) is 4.57 Å². The fraction of sp³-hybridized carbons (Fsp3) is 1.00. The molecule has 0 aliphatic rings. The normalized spacial score (nSPS) is 11.9. The van der Waals surface area contributed by atoms with Crippen LogP contribution < -0.4 is 0 Å². The second-order valence-electron chi connectivity index (χ2n) is 0.729. The molecule has 0 fully saturated rings. The number of hydrogen-bond donors (Lipinski definition) is 2. The Kier molecular flexibility index (Phi) is 3.03. The predicted molar refractivity (Wildman–Crippen MR) is 26.9 cm³/mol. The summed E-state index contributed by atoms with van der Waals surface area (Å²) < 4.78 is 13.5. The summed E-state index contributed by atoms with van der Waals surface area (Å²) in [5.74, 6) is 0. The van der Waals surface area contributed by atoms with Crippen molar-refractivity contribution >= 4 is 23.8 Å². The van der Waals surface area contributed by atoms with Crippen molar-refractivity contribution in [1.29, 1.82) is 0 Å². The Morgan fingerprint density at radius 3 is 2.14 bits per heavy atom. The zero-order valence-electron chi connectivity index (χ0n) is 3.24. The van der Waals surface area contributed by atoms with E-state index in [1.54, 1.807) is 0 Å². The Hall–Kier alpha value is 0.590. The third-order valence-corrected chi connectivity index (χ3v) is 1.27. The van der Waals surface area contributed by atoms with Crippen molar-refractivity contribution < 1.29 is 18.9 Å². The second kappa shape index (κ2) is 2.79. The molecule has 0 aliphatic carbocycles. The summed E-state index contributed by atoms with van der Waals surface area (Å²) in [5.41, 5.74) is -0.142. The van der Waals surface area contributed by atoms with Gasteiger partial charge in [0, 0.05) is 0 Å². The van der Waals surface area contributed by atoms with E-state index in [9.17, 15) is 4.57 Å². The monoisotopic (exact) mass is 190 g/mol. The summed E-state index contributed by atoms with van der Waals surface area (Å²) in [6, 6.07) is 0. The Morgan fingerprint density at radius 2 is 2.14 bits per heavy atom. The maximum atomic E-state index is 9.67. The van der Waals surface area contributed by atoms with E-state index in [1.807, 2.05) is 0 Å². The highest BCUT2D eigenvalue weighted by Crippen LogP contribution is 2.35. The molecule has 0 saturated heterocycles. The van der Waals surface area contributed by atoms with Gasteiger partial charge in [0.05, 0.1) is 0 Å².